The maximum atomic E-state index is 13.1. The number of unbranched alkanes of at least 4 members (excludes halogenated alkanes) is 3. The molecule has 0 amide bonds. The third kappa shape index (κ3) is 7.18. The molecule has 0 bridgehead atoms. The molecule has 4 rings (SSSR count). The molecule has 7 nitrogen and oxygen atoms in total. The van der Waals surface area contributed by atoms with Gasteiger partial charge in [-0.2, -0.15) is 0 Å². The highest BCUT2D eigenvalue weighted by atomic mass is 16.6. The van der Waals surface area contributed by atoms with Crippen LogP contribution in [0.4, 0.5) is 0 Å². The summed E-state index contributed by atoms with van der Waals surface area (Å²) in [6.45, 7) is 9.33. The number of hydrogen-bond donors (Lipinski definition) is 0. The normalized spacial score (nSPS) is 14.7. The lowest BCUT2D eigenvalue weighted by atomic mass is 9.75. The van der Waals surface area contributed by atoms with Crippen LogP contribution in [0, 0.1) is 5.41 Å². The standard InChI is InChI=1S/C33H42N2O5/c1-5-38-29(36)12-8-6-7-11-21-39-26-17-18-27-28(22-26)34-23-35-30(27)24-13-15-25(16-14-24)31(37)40-33(32(2,3)4)19-9-10-20-33/h13-18,22-23H,5-12,19-21H2,1-4H3. The van der Waals surface area contributed by atoms with Gasteiger partial charge in [-0.25, -0.2) is 14.8 Å². The molecule has 2 aromatic carbocycles. The molecule has 1 aliphatic rings. The second kappa shape index (κ2) is 13.2. The number of benzene rings is 2. The van der Waals surface area contributed by atoms with Gasteiger partial charge in [0.1, 0.15) is 17.7 Å². The highest BCUT2D eigenvalue weighted by Crippen LogP contribution is 2.46. The highest BCUT2D eigenvalue weighted by Gasteiger charge is 2.47. The lowest BCUT2D eigenvalue weighted by Gasteiger charge is -2.41. The second-order valence-electron chi connectivity index (χ2n) is 11.6. The minimum absolute atomic E-state index is 0.104. The molecule has 0 atom stereocenters. The van der Waals surface area contributed by atoms with E-state index in [-0.39, 0.29) is 17.4 Å². The van der Waals surface area contributed by atoms with E-state index in [1.807, 2.05) is 49.4 Å². The fourth-order valence-electron chi connectivity index (χ4n) is 5.46. The Kier molecular flexibility index (Phi) is 9.77. The van der Waals surface area contributed by atoms with Crippen molar-refractivity contribution in [2.45, 2.75) is 91.1 Å². The first-order chi connectivity index (χ1) is 19.2. The lowest BCUT2D eigenvalue weighted by Crippen LogP contribution is -2.44. The Hall–Kier alpha value is -3.48. The monoisotopic (exact) mass is 546 g/mol. The van der Waals surface area contributed by atoms with Crippen molar-refractivity contribution in [2.24, 2.45) is 5.41 Å². The van der Waals surface area contributed by atoms with Gasteiger partial charge in [0.2, 0.25) is 0 Å². The van der Waals surface area contributed by atoms with E-state index >= 15 is 0 Å². The predicted octanol–water partition coefficient (Wildman–Crippen LogP) is 7.70. The first-order valence-electron chi connectivity index (χ1n) is 14.6. The molecule has 1 saturated carbocycles. The summed E-state index contributed by atoms with van der Waals surface area (Å²) in [6, 6.07) is 13.3. The summed E-state index contributed by atoms with van der Waals surface area (Å²) < 4.78 is 17.1. The zero-order valence-electron chi connectivity index (χ0n) is 24.3. The molecule has 0 radical (unpaired) electrons. The largest absolute Gasteiger partial charge is 0.494 e. The molecule has 3 aromatic rings. The van der Waals surface area contributed by atoms with Crippen molar-refractivity contribution in [1.29, 1.82) is 0 Å². The Morgan fingerprint density at radius 2 is 1.65 bits per heavy atom. The zero-order valence-corrected chi connectivity index (χ0v) is 24.3. The fraction of sp³-hybridized carbons (Fsp3) is 0.515. The third-order valence-electron chi connectivity index (χ3n) is 7.92. The van der Waals surface area contributed by atoms with Crippen LogP contribution in [-0.2, 0) is 14.3 Å². The van der Waals surface area contributed by atoms with E-state index in [0.29, 0.717) is 25.2 Å². The maximum absolute atomic E-state index is 13.1. The number of carbonyl (C=O) groups is 2. The van der Waals surface area contributed by atoms with Crippen molar-refractivity contribution in [3.05, 3.63) is 54.4 Å². The van der Waals surface area contributed by atoms with E-state index in [9.17, 15) is 9.59 Å². The molecule has 1 heterocycles. The zero-order chi connectivity index (χ0) is 28.6. The van der Waals surface area contributed by atoms with Crippen molar-refractivity contribution < 1.29 is 23.8 Å². The lowest BCUT2D eigenvalue weighted by molar-refractivity contribution is -0.143. The SMILES string of the molecule is CCOC(=O)CCCCCCOc1ccc2c(-c3ccc(C(=O)OC4(C(C)(C)C)CCCC4)cc3)ncnc2c1. The third-order valence-corrected chi connectivity index (χ3v) is 7.92. The number of esters is 2. The molecule has 1 aromatic heterocycles. The number of carbonyl (C=O) groups excluding carboxylic acids is 2. The number of nitrogens with zero attached hydrogens (tertiary/aromatic N) is 2. The summed E-state index contributed by atoms with van der Waals surface area (Å²) in [5, 5.41) is 0.918. The molecule has 0 unspecified atom stereocenters. The Balaban J connectivity index is 1.35. The quantitative estimate of drug-likeness (QED) is 0.170. The average molecular weight is 547 g/mol. The van der Waals surface area contributed by atoms with Crippen molar-refractivity contribution in [1.82, 2.24) is 9.97 Å². The molecule has 0 spiro atoms. The average Bonchev–Trinajstić information content (AvgIpc) is 3.42. The van der Waals surface area contributed by atoms with Crippen LogP contribution in [0.25, 0.3) is 22.2 Å². The van der Waals surface area contributed by atoms with Crippen LogP contribution >= 0.6 is 0 Å². The van der Waals surface area contributed by atoms with Gasteiger partial charge >= 0.3 is 11.9 Å². The molecule has 7 heteroatoms. The summed E-state index contributed by atoms with van der Waals surface area (Å²) >= 11 is 0. The number of hydrogen-bond acceptors (Lipinski definition) is 7. The first kappa shape index (κ1) is 29.5. The van der Waals surface area contributed by atoms with Gasteiger partial charge in [0.15, 0.2) is 0 Å². The predicted molar refractivity (Wildman–Crippen MR) is 156 cm³/mol. The van der Waals surface area contributed by atoms with Crippen LogP contribution in [0.3, 0.4) is 0 Å². The second-order valence-corrected chi connectivity index (χ2v) is 11.6. The van der Waals surface area contributed by atoms with Crippen molar-refractivity contribution in [2.75, 3.05) is 13.2 Å². The van der Waals surface area contributed by atoms with Crippen LogP contribution in [0.1, 0.15) is 95.8 Å². The van der Waals surface area contributed by atoms with E-state index in [1.54, 1.807) is 6.33 Å². The Bertz CT molecular complexity index is 1290. The molecular weight excluding hydrogens is 504 g/mol. The highest BCUT2D eigenvalue weighted by molar-refractivity contribution is 5.94. The molecule has 1 fully saturated rings. The Morgan fingerprint density at radius 3 is 2.35 bits per heavy atom. The molecule has 0 aliphatic heterocycles. The van der Waals surface area contributed by atoms with Crippen LogP contribution < -0.4 is 4.74 Å². The molecule has 0 N–H and O–H groups in total. The van der Waals surface area contributed by atoms with E-state index in [1.165, 1.54) is 0 Å². The van der Waals surface area contributed by atoms with Gasteiger partial charge in [-0.1, -0.05) is 45.7 Å². The van der Waals surface area contributed by atoms with E-state index in [4.69, 9.17) is 14.2 Å². The van der Waals surface area contributed by atoms with Crippen LogP contribution in [0.5, 0.6) is 5.75 Å². The van der Waals surface area contributed by atoms with Crippen LogP contribution in [0.2, 0.25) is 0 Å². The Morgan fingerprint density at radius 1 is 0.925 bits per heavy atom. The van der Waals surface area contributed by atoms with Gasteiger partial charge in [0, 0.05) is 28.9 Å². The minimum Gasteiger partial charge on any atom is -0.494 e. The number of rotatable bonds is 12. The first-order valence-corrected chi connectivity index (χ1v) is 14.6. The summed E-state index contributed by atoms with van der Waals surface area (Å²) in [5.41, 5.74) is 2.55. The van der Waals surface area contributed by atoms with Gasteiger partial charge in [0.25, 0.3) is 0 Å². The summed E-state index contributed by atoms with van der Waals surface area (Å²) in [6.07, 6.45) is 9.78. The molecular formula is C33H42N2O5. The Labute approximate surface area is 237 Å². The van der Waals surface area contributed by atoms with Gasteiger partial charge < -0.3 is 14.2 Å². The molecule has 214 valence electrons. The topological polar surface area (TPSA) is 87.6 Å². The number of aromatic nitrogens is 2. The van der Waals surface area contributed by atoms with Crippen molar-refractivity contribution >= 4 is 22.8 Å². The number of ether oxygens (including phenoxy) is 3. The molecule has 0 saturated heterocycles. The molecule has 1 aliphatic carbocycles. The van der Waals surface area contributed by atoms with Crippen molar-refractivity contribution in [3.8, 4) is 17.0 Å². The van der Waals surface area contributed by atoms with Gasteiger partial charge in [0.05, 0.1) is 30.0 Å². The smallest absolute Gasteiger partial charge is 0.338 e. The maximum Gasteiger partial charge on any atom is 0.338 e. The summed E-state index contributed by atoms with van der Waals surface area (Å²) in [4.78, 5) is 33.5. The fourth-order valence-corrected chi connectivity index (χ4v) is 5.46. The summed E-state index contributed by atoms with van der Waals surface area (Å²) in [7, 11) is 0. The van der Waals surface area contributed by atoms with Gasteiger partial charge in [-0.15, -0.1) is 0 Å². The number of fused-ring (bicyclic) bond motifs is 1. The van der Waals surface area contributed by atoms with Crippen LogP contribution in [0.15, 0.2) is 48.8 Å². The summed E-state index contributed by atoms with van der Waals surface area (Å²) in [5.74, 6) is 0.376. The van der Waals surface area contributed by atoms with Crippen LogP contribution in [-0.4, -0.2) is 40.7 Å². The van der Waals surface area contributed by atoms with E-state index < -0.39 is 5.60 Å². The van der Waals surface area contributed by atoms with Gasteiger partial charge in [-0.05, 0) is 69.7 Å². The van der Waals surface area contributed by atoms with Crippen molar-refractivity contribution in [3.63, 3.8) is 0 Å². The van der Waals surface area contributed by atoms with Gasteiger partial charge in [-0.3, -0.25) is 4.79 Å². The van der Waals surface area contributed by atoms with E-state index in [0.717, 1.165) is 79.3 Å². The van der Waals surface area contributed by atoms with E-state index in [2.05, 4.69) is 30.7 Å². The minimum atomic E-state index is -0.407. The molecule has 40 heavy (non-hydrogen) atoms.